The minimum Gasteiger partial charge on any atom is -0.496 e. The van der Waals surface area contributed by atoms with Gasteiger partial charge in [0.2, 0.25) is 0 Å². The Kier molecular flexibility index (Phi) is 6.47. The molecule has 0 amide bonds. The number of hydrogen-bond donors (Lipinski definition) is 1. The fourth-order valence-corrected chi connectivity index (χ4v) is 5.02. The summed E-state index contributed by atoms with van der Waals surface area (Å²) in [6.07, 6.45) is 1.55. The van der Waals surface area contributed by atoms with Crippen LogP contribution < -0.4 is 19.9 Å². The number of H-pyrrole nitrogens is 1. The van der Waals surface area contributed by atoms with E-state index in [0.29, 0.717) is 29.4 Å². The molecule has 1 saturated heterocycles. The smallest absolute Gasteiger partial charge is 0.326 e. The number of hydrogen-bond acceptors (Lipinski definition) is 6. The number of rotatable bonds is 7. The van der Waals surface area contributed by atoms with Crippen LogP contribution in [-0.4, -0.2) is 60.2 Å². The number of fused-ring (bicyclic) bond motifs is 1. The van der Waals surface area contributed by atoms with Gasteiger partial charge in [-0.3, -0.25) is 14.3 Å². The fraction of sp³-hybridized carbons (Fsp3) is 0.440. The third-order valence-corrected chi connectivity index (χ3v) is 6.73. The van der Waals surface area contributed by atoms with Gasteiger partial charge in [-0.1, -0.05) is 12.1 Å². The minimum atomic E-state index is -0.378. The molecule has 2 heterocycles. The van der Waals surface area contributed by atoms with Crippen molar-refractivity contribution in [1.29, 1.82) is 0 Å². The molecule has 1 aliphatic heterocycles. The molecule has 3 unspecified atom stereocenters. The molecule has 33 heavy (non-hydrogen) atoms. The number of likely N-dealkylation sites (tertiary alicyclic amines) is 1. The standard InChI is InChI=1S/C25H31N3O5/c1-15-12-17(28-20-9-7-6-8-19(20)26-25(28)30)10-11-27(15)16(2)24(29)23-21(32-4)13-18(31-3)14-22(23)33-5/h6-9,13-17H,10-12H2,1-5H3,(H,26,30). The molecule has 8 heteroatoms. The normalized spacial score (nSPS) is 19.9. The van der Waals surface area contributed by atoms with Crippen molar-refractivity contribution in [2.45, 2.75) is 44.8 Å². The Labute approximate surface area is 193 Å². The number of nitrogens with zero attached hydrogens (tertiary/aromatic N) is 2. The first kappa shape index (κ1) is 22.9. The number of methoxy groups -OCH3 is 3. The highest BCUT2D eigenvalue weighted by Crippen LogP contribution is 2.37. The third-order valence-electron chi connectivity index (χ3n) is 6.73. The first-order chi connectivity index (χ1) is 15.9. The molecule has 3 atom stereocenters. The zero-order valence-electron chi connectivity index (χ0n) is 19.8. The molecular weight excluding hydrogens is 422 g/mol. The molecule has 1 aliphatic rings. The van der Waals surface area contributed by atoms with Gasteiger partial charge in [0, 0.05) is 30.8 Å². The summed E-state index contributed by atoms with van der Waals surface area (Å²) in [5.74, 6) is 1.35. The van der Waals surface area contributed by atoms with Gasteiger partial charge >= 0.3 is 5.69 Å². The molecule has 8 nitrogen and oxygen atoms in total. The van der Waals surface area contributed by atoms with E-state index < -0.39 is 0 Å². The highest BCUT2D eigenvalue weighted by atomic mass is 16.5. The van der Waals surface area contributed by atoms with Gasteiger partial charge in [-0.05, 0) is 38.8 Å². The lowest BCUT2D eigenvalue weighted by Gasteiger charge is -2.41. The highest BCUT2D eigenvalue weighted by molar-refractivity contribution is 6.04. The number of nitrogens with one attached hydrogen (secondary N) is 1. The summed E-state index contributed by atoms with van der Waals surface area (Å²) < 4.78 is 18.2. The van der Waals surface area contributed by atoms with Crippen LogP contribution in [0.25, 0.3) is 11.0 Å². The molecule has 0 saturated carbocycles. The van der Waals surface area contributed by atoms with Crippen molar-refractivity contribution in [1.82, 2.24) is 14.5 Å². The summed E-state index contributed by atoms with van der Waals surface area (Å²) in [4.78, 5) is 31.4. The van der Waals surface area contributed by atoms with Gasteiger partial charge in [-0.2, -0.15) is 0 Å². The van der Waals surface area contributed by atoms with Gasteiger partial charge in [0.15, 0.2) is 5.78 Å². The van der Waals surface area contributed by atoms with Crippen molar-refractivity contribution in [3.63, 3.8) is 0 Å². The Hall–Kier alpha value is -3.26. The lowest BCUT2D eigenvalue weighted by Crippen LogP contribution is -2.50. The maximum Gasteiger partial charge on any atom is 0.326 e. The maximum absolute atomic E-state index is 13.6. The van der Waals surface area contributed by atoms with Gasteiger partial charge in [0.1, 0.15) is 22.8 Å². The van der Waals surface area contributed by atoms with Crippen LogP contribution in [0, 0.1) is 0 Å². The molecule has 2 aromatic carbocycles. The van der Waals surface area contributed by atoms with Crippen LogP contribution in [0.2, 0.25) is 0 Å². The summed E-state index contributed by atoms with van der Waals surface area (Å²) in [5, 5.41) is 0. The lowest BCUT2D eigenvalue weighted by atomic mass is 9.93. The minimum absolute atomic E-state index is 0.0686. The summed E-state index contributed by atoms with van der Waals surface area (Å²) in [6.45, 7) is 4.73. The van der Waals surface area contributed by atoms with Crippen molar-refractivity contribution in [2.75, 3.05) is 27.9 Å². The van der Waals surface area contributed by atoms with Crippen molar-refractivity contribution < 1.29 is 19.0 Å². The van der Waals surface area contributed by atoms with Gasteiger partial charge in [-0.15, -0.1) is 0 Å². The molecule has 3 aromatic rings. The number of carbonyl (C=O) groups is 1. The molecule has 0 aliphatic carbocycles. The number of imidazole rings is 1. The average Bonchev–Trinajstić information content (AvgIpc) is 3.17. The Morgan fingerprint density at radius 1 is 1.09 bits per heavy atom. The van der Waals surface area contributed by atoms with E-state index in [2.05, 4.69) is 16.8 Å². The van der Waals surface area contributed by atoms with Crippen LogP contribution in [0.4, 0.5) is 0 Å². The number of benzene rings is 2. The predicted octanol–water partition coefficient (Wildman–Crippen LogP) is 3.65. The quantitative estimate of drug-likeness (QED) is 0.550. The number of ether oxygens (including phenoxy) is 3. The topological polar surface area (TPSA) is 85.8 Å². The third kappa shape index (κ3) is 4.11. The van der Waals surface area contributed by atoms with Crippen molar-refractivity contribution in [2.24, 2.45) is 0 Å². The number of piperidine rings is 1. The van der Waals surface area contributed by atoms with Gasteiger partial charge < -0.3 is 19.2 Å². The summed E-state index contributed by atoms with van der Waals surface area (Å²) in [5.41, 5.74) is 2.10. The number of para-hydroxylation sites is 2. The van der Waals surface area contributed by atoms with E-state index in [1.54, 1.807) is 19.2 Å². The summed E-state index contributed by atoms with van der Waals surface area (Å²) in [6, 6.07) is 11.0. The van der Waals surface area contributed by atoms with Crippen LogP contribution in [0.5, 0.6) is 17.2 Å². The second-order valence-electron chi connectivity index (χ2n) is 8.53. The number of Topliss-reactive ketones (excluding diaryl/α,β-unsaturated/α-hetero) is 1. The second kappa shape index (κ2) is 9.31. The van der Waals surface area contributed by atoms with Crippen molar-refractivity contribution in [3.8, 4) is 17.2 Å². The maximum atomic E-state index is 13.6. The largest absolute Gasteiger partial charge is 0.496 e. The second-order valence-corrected chi connectivity index (χ2v) is 8.53. The van der Waals surface area contributed by atoms with Crippen LogP contribution in [0.15, 0.2) is 41.2 Å². The van der Waals surface area contributed by atoms with Crippen LogP contribution in [-0.2, 0) is 0 Å². The highest BCUT2D eigenvalue weighted by Gasteiger charge is 2.35. The van der Waals surface area contributed by atoms with Gasteiger partial charge in [0.25, 0.3) is 0 Å². The number of carbonyl (C=O) groups excluding carboxylic acids is 1. The Balaban J connectivity index is 1.57. The molecule has 1 N–H and O–H groups in total. The van der Waals surface area contributed by atoms with Crippen molar-refractivity contribution in [3.05, 3.63) is 52.4 Å². The predicted molar refractivity (Wildman–Crippen MR) is 127 cm³/mol. The molecule has 0 bridgehead atoms. The number of ketones is 1. The Morgan fingerprint density at radius 3 is 2.36 bits per heavy atom. The van der Waals surface area contributed by atoms with Gasteiger partial charge in [-0.25, -0.2) is 4.79 Å². The molecule has 4 rings (SSSR count). The van der Waals surface area contributed by atoms with Crippen molar-refractivity contribution >= 4 is 16.8 Å². The van der Waals surface area contributed by atoms with Crippen LogP contribution in [0.3, 0.4) is 0 Å². The van der Waals surface area contributed by atoms with E-state index in [4.69, 9.17) is 14.2 Å². The van der Waals surface area contributed by atoms with E-state index in [9.17, 15) is 9.59 Å². The zero-order valence-corrected chi connectivity index (χ0v) is 19.8. The summed E-state index contributed by atoms with van der Waals surface area (Å²) >= 11 is 0. The summed E-state index contributed by atoms with van der Waals surface area (Å²) in [7, 11) is 4.62. The van der Waals surface area contributed by atoms with E-state index >= 15 is 0 Å². The SMILES string of the molecule is COc1cc(OC)c(C(=O)C(C)N2CCC(n3c(=O)[nH]c4ccccc43)CC2C)c(OC)c1. The van der Waals surface area contributed by atoms with Crippen LogP contribution >= 0.6 is 0 Å². The van der Waals surface area contributed by atoms with E-state index in [1.165, 1.54) is 14.2 Å². The first-order valence-electron chi connectivity index (χ1n) is 11.2. The molecule has 1 fully saturated rings. The van der Waals surface area contributed by atoms with E-state index in [0.717, 1.165) is 23.9 Å². The number of aromatic nitrogens is 2. The molecular formula is C25H31N3O5. The first-order valence-corrected chi connectivity index (χ1v) is 11.2. The monoisotopic (exact) mass is 453 g/mol. The molecule has 0 spiro atoms. The number of aromatic amines is 1. The molecule has 1 aromatic heterocycles. The Morgan fingerprint density at radius 2 is 1.76 bits per heavy atom. The lowest BCUT2D eigenvalue weighted by molar-refractivity contribution is 0.0617. The average molecular weight is 454 g/mol. The fourth-order valence-electron chi connectivity index (χ4n) is 5.02. The van der Waals surface area contributed by atoms with E-state index in [-0.39, 0.29) is 29.6 Å². The van der Waals surface area contributed by atoms with Crippen LogP contribution in [0.1, 0.15) is 43.1 Å². The van der Waals surface area contributed by atoms with Gasteiger partial charge in [0.05, 0.1) is 38.4 Å². The molecule has 176 valence electrons. The zero-order chi connectivity index (χ0) is 23.7. The molecule has 0 radical (unpaired) electrons. The van der Waals surface area contributed by atoms with E-state index in [1.807, 2.05) is 35.8 Å². The Bertz CT molecular complexity index is 1190.